The van der Waals surface area contributed by atoms with Crippen LogP contribution in [0.5, 0.6) is 0 Å². The molecule has 0 aromatic carbocycles. The molecule has 1 saturated carbocycles. The summed E-state index contributed by atoms with van der Waals surface area (Å²) in [5, 5.41) is 0. The molecule has 88 valence electrons. The summed E-state index contributed by atoms with van der Waals surface area (Å²) < 4.78 is 10.6. The van der Waals surface area contributed by atoms with Gasteiger partial charge >= 0.3 is 11.9 Å². The Labute approximate surface area is 94.6 Å². The Bertz CT molecular complexity index is 358. The standard InChI is InChI=1S/C12H16O4/c1-4-9(13)15-12-6-5-8(10(14)16-12)7-11(12,2)3/h4,8H,1,5-7H2,2-3H3. The van der Waals surface area contributed by atoms with Crippen molar-refractivity contribution in [3.05, 3.63) is 12.7 Å². The Balaban J connectivity index is 2.30. The van der Waals surface area contributed by atoms with Crippen molar-refractivity contribution in [2.75, 3.05) is 0 Å². The van der Waals surface area contributed by atoms with Crippen LogP contribution in [0.3, 0.4) is 0 Å². The number of hydrogen-bond donors (Lipinski definition) is 0. The van der Waals surface area contributed by atoms with Gasteiger partial charge in [0.2, 0.25) is 0 Å². The zero-order valence-electron chi connectivity index (χ0n) is 9.62. The van der Waals surface area contributed by atoms with E-state index in [4.69, 9.17) is 9.47 Å². The van der Waals surface area contributed by atoms with Crippen molar-refractivity contribution >= 4 is 11.9 Å². The summed E-state index contributed by atoms with van der Waals surface area (Å²) in [6, 6.07) is 0. The van der Waals surface area contributed by atoms with E-state index in [0.717, 1.165) is 12.5 Å². The fraction of sp³-hybridized carbons (Fsp3) is 0.667. The van der Waals surface area contributed by atoms with Crippen LogP contribution in [-0.4, -0.2) is 17.7 Å². The monoisotopic (exact) mass is 224 g/mol. The SMILES string of the molecule is C=CC(=O)OC12CCC(CC1(C)C)C(=O)O2. The number of carbonyl (C=O) groups is 2. The van der Waals surface area contributed by atoms with Gasteiger partial charge in [0.25, 0.3) is 5.79 Å². The van der Waals surface area contributed by atoms with E-state index in [1.165, 1.54) is 0 Å². The van der Waals surface area contributed by atoms with Crippen LogP contribution in [0.1, 0.15) is 33.1 Å². The third-order valence-electron chi connectivity index (χ3n) is 3.64. The minimum absolute atomic E-state index is 0.0423. The summed E-state index contributed by atoms with van der Waals surface area (Å²) >= 11 is 0. The molecule has 2 saturated heterocycles. The second-order valence-corrected chi connectivity index (χ2v) is 5.12. The number of hydrogen-bond acceptors (Lipinski definition) is 4. The van der Waals surface area contributed by atoms with E-state index in [1.807, 2.05) is 13.8 Å². The molecule has 2 aliphatic heterocycles. The second-order valence-electron chi connectivity index (χ2n) is 5.12. The van der Waals surface area contributed by atoms with Gasteiger partial charge in [0.15, 0.2) is 0 Å². The Kier molecular flexibility index (Phi) is 2.33. The van der Waals surface area contributed by atoms with E-state index >= 15 is 0 Å². The Morgan fingerprint density at radius 1 is 1.62 bits per heavy atom. The Morgan fingerprint density at radius 2 is 2.31 bits per heavy atom. The highest BCUT2D eigenvalue weighted by Gasteiger charge is 2.61. The zero-order chi connectivity index (χ0) is 12.0. The largest absolute Gasteiger partial charge is 0.422 e. The van der Waals surface area contributed by atoms with Gasteiger partial charge in [0.05, 0.1) is 5.92 Å². The minimum Gasteiger partial charge on any atom is -0.422 e. The quantitative estimate of drug-likeness (QED) is 0.530. The topological polar surface area (TPSA) is 52.6 Å². The van der Waals surface area contributed by atoms with E-state index in [0.29, 0.717) is 12.8 Å². The maximum atomic E-state index is 11.6. The summed E-state index contributed by atoms with van der Waals surface area (Å²) in [7, 11) is 0. The highest BCUT2D eigenvalue weighted by molar-refractivity contribution is 5.82. The van der Waals surface area contributed by atoms with Gasteiger partial charge in [-0.25, -0.2) is 4.79 Å². The summed E-state index contributed by atoms with van der Waals surface area (Å²) in [4.78, 5) is 22.9. The first kappa shape index (κ1) is 11.2. The predicted molar refractivity (Wildman–Crippen MR) is 56.2 cm³/mol. The van der Waals surface area contributed by atoms with Crippen LogP contribution in [0, 0.1) is 11.3 Å². The average Bonchev–Trinajstić information content (AvgIpc) is 2.20. The molecule has 3 aliphatic rings. The molecule has 3 fully saturated rings. The summed E-state index contributed by atoms with van der Waals surface area (Å²) in [5.41, 5.74) is -0.331. The van der Waals surface area contributed by atoms with Gasteiger partial charge in [-0.3, -0.25) is 4.79 Å². The number of ether oxygens (including phenoxy) is 2. The van der Waals surface area contributed by atoms with E-state index in [2.05, 4.69) is 6.58 Å². The van der Waals surface area contributed by atoms with Gasteiger partial charge in [0, 0.05) is 17.9 Å². The molecule has 0 N–H and O–H groups in total. The molecule has 0 aromatic rings. The third-order valence-corrected chi connectivity index (χ3v) is 3.64. The first-order chi connectivity index (χ1) is 7.40. The van der Waals surface area contributed by atoms with Crippen LogP contribution in [0.2, 0.25) is 0 Å². The van der Waals surface area contributed by atoms with Crippen LogP contribution < -0.4 is 0 Å². The molecule has 1 aliphatic carbocycles. The lowest BCUT2D eigenvalue weighted by molar-refractivity contribution is -0.305. The molecule has 0 amide bonds. The Morgan fingerprint density at radius 3 is 2.81 bits per heavy atom. The lowest BCUT2D eigenvalue weighted by atomic mass is 9.65. The molecule has 0 radical (unpaired) electrons. The lowest BCUT2D eigenvalue weighted by Crippen LogP contribution is -2.61. The highest BCUT2D eigenvalue weighted by atomic mass is 16.7. The first-order valence-electron chi connectivity index (χ1n) is 5.48. The number of carbonyl (C=O) groups excluding carboxylic acids is 2. The normalized spacial score (nSPS) is 35.4. The van der Waals surface area contributed by atoms with Gasteiger partial charge < -0.3 is 9.47 Å². The smallest absolute Gasteiger partial charge is 0.333 e. The average molecular weight is 224 g/mol. The molecule has 2 heterocycles. The van der Waals surface area contributed by atoms with Crippen molar-refractivity contribution in [1.29, 1.82) is 0 Å². The van der Waals surface area contributed by atoms with Crippen molar-refractivity contribution in [3.8, 4) is 0 Å². The second kappa shape index (κ2) is 3.34. The molecule has 2 bridgehead atoms. The van der Waals surface area contributed by atoms with Gasteiger partial charge in [-0.1, -0.05) is 20.4 Å². The maximum Gasteiger partial charge on any atom is 0.333 e. The van der Waals surface area contributed by atoms with Crippen LogP contribution in [0.15, 0.2) is 12.7 Å². The van der Waals surface area contributed by atoms with Crippen molar-refractivity contribution < 1.29 is 19.1 Å². The zero-order valence-corrected chi connectivity index (χ0v) is 9.62. The fourth-order valence-corrected chi connectivity index (χ4v) is 2.63. The van der Waals surface area contributed by atoms with Crippen molar-refractivity contribution in [1.82, 2.24) is 0 Å². The molecule has 4 nitrogen and oxygen atoms in total. The molecular weight excluding hydrogens is 208 g/mol. The molecule has 0 aromatic heterocycles. The molecule has 2 atom stereocenters. The van der Waals surface area contributed by atoms with Gasteiger partial charge in [-0.15, -0.1) is 0 Å². The van der Waals surface area contributed by atoms with Crippen LogP contribution in [0.25, 0.3) is 0 Å². The predicted octanol–water partition coefficient (Wildman–Crippen LogP) is 1.79. The number of fused-ring (bicyclic) bond motifs is 3. The van der Waals surface area contributed by atoms with E-state index in [1.54, 1.807) is 0 Å². The first-order valence-corrected chi connectivity index (χ1v) is 5.48. The molecule has 0 spiro atoms. The van der Waals surface area contributed by atoms with Crippen molar-refractivity contribution in [3.63, 3.8) is 0 Å². The van der Waals surface area contributed by atoms with Crippen LogP contribution in [-0.2, 0) is 19.1 Å². The fourth-order valence-electron chi connectivity index (χ4n) is 2.63. The van der Waals surface area contributed by atoms with E-state index in [9.17, 15) is 9.59 Å². The van der Waals surface area contributed by atoms with Crippen molar-refractivity contribution in [2.24, 2.45) is 11.3 Å². The van der Waals surface area contributed by atoms with Gasteiger partial charge in [0.1, 0.15) is 0 Å². The molecule has 3 rings (SSSR count). The molecular formula is C12H16O4. The van der Waals surface area contributed by atoms with E-state index < -0.39 is 11.8 Å². The van der Waals surface area contributed by atoms with E-state index in [-0.39, 0.29) is 17.3 Å². The highest BCUT2D eigenvalue weighted by Crippen LogP contribution is 2.53. The van der Waals surface area contributed by atoms with Crippen LogP contribution >= 0.6 is 0 Å². The maximum absolute atomic E-state index is 11.6. The molecule has 4 heteroatoms. The molecule has 16 heavy (non-hydrogen) atoms. The molecule has 2 unspecified atom stereocenters. The Hall–Kier alpha value is -1.32. The summed E-state index contributed by atoms with van der Waals surface area (Å²) in [5.74, 6) is -1.92. The lowest BCUT2D eigenvalue weighted by Gasteiger charge is -2.53. The summed E-state index contributed by atoms with van der Waals surface area (Å²) in [6.45, 7) is 7.28. The number of rotatable bonds is 2. The van der Waals surface area contributed by atoms with Crippen LogP contribution in [0.4, 0.5) is 0 Å². The third kappa shape index (κ3) is 1.44. The van der Waals surface area contributed by atoms with Gasteiger partial charge in [-0.05, 0) is 12.8 Å². The minimum atomic E-state index is -1.09. The summed E-state index contributed by atoms with van der Waals surface area (Å²) in [6.07, 6.45) is 3.11. The van der Waals surface area contributed by atoms with Crippen molar-refractivity contribution in [2.45, 2.75) is 38.9 Å². The van der Waals surface area contributed by atoms with Gasteiger partial charge in [-0.2, -0.15) is 0 Å². The number of esters is 2.